The van der Waals surface area contributed by atoms with Crippen LogP contribution in [0.5, 0.6) is 0 Å². The first-order chi connectivity index (χ1) is 15.3. The van der Waals surface area contributed by atoms with Crippen LogP contribution >= 0.6 is 12.2 Å². The van der Waals surface area contributed by atoms with Gasteiger partial charge in [0.1, 0.15) is 0 Å². The molecule has 0 aliphatic carbocycles. The maximum Gasteiger partial charge on any atom is 0.500 e. The van der Waals surface area contributed by atoms with Crippen LogP contribution in [0, 0.1) is 0 Å². The van der Waals surface area contributed by atoms with Gasteiger partial charge in [-0.1, -0.05) is 18.2 Å². The van der Waals surface area contributed by atoms with Crippen molar-refractivity contribution in [3.8, 4) is 0 Å². The van der Waals surface area contributed by atoms with Crippen molar-refractivity contribution in [1.82, 2.24) is 10.2 Å². The number of hydrogen-bond acceptors (Lipinski definition) is 8. The summed E-state index contributed by atoms with van der Waals surface area (Å²) >= 11 is 5.56. The second-order valence-corrected chi connectivity index (χ2v) is 13.5. The van der Waals surface area contributed by atoms with Gasteiger partial charge in [-0.3, -0.25) is 10.1 Å². The summed E-state index contributed by atoms with van der Waals surface area (Å²) in [5.74, 6) is -0.246. The SMILES string of the molecule is CO[Si](CCCN(CCC[Si](OC)(OC)OC)C(=S)NC(=O)c1ccccc1)(OC)OC. The average molecular weight is 505 g/mol. The molecule has 0 aromatic heterocycles. The highest BCUT2D eigenvalue weighted by atomic mass is 32.1. The highest BCUT2D eigenvalue weighted by Crippen LogP contribution is 2.18. The molecule has 32 heavy (non-hydrogen) atoms. The van der Waals surface area contributed by atoms with Gasteiger partial charge in [0, 0.05) is 73.4 Å². The molecule has 0 aliphatic rings. The molecule has 12 heteroatoms. The van der Waals surface area contributed by atoms with Crippen molar-refractivity contribution in [3.05, 3.63) is 35.9 Å². The van der Waals surface area contributed by atoms with Crippen LogP contribution in [-0.2, 0) is 26.6 Å². The minimum absolute atomic E-state index is 0.246. The Kier molecular flexibility index (Phi) is 13.3. The van der Waals surface area contributed by atoms with Gasteiger partial charge in [-0.15, -0.1) is 0 Å². The molecule has 1 N–H and O–H groups in total. The molecule has 9 nitrogen and oxygen atoms in total. The number of hydrogen-bond donors (Lipinski definition) is 1. The molecule has 0 saturated carbocycles. The molecule has 0 saturated heterocycles. The molecule has 1 aromatic carbocycles. The number of benzene rings is 1. The number of nitrogens with zero attached hydrogens (tertiary/aromatic N) is 1. The Labute approximate surface area is 199 Å². The molecule has 0 heterocycles. The van der Waals surface area contributed by atoms with E-state index in [9.17, 15) is 4.79 Å². The molecule has 182 valence electrons. The Morgan fingerprint density at radius 3 is 1.59 bits per heavy atom. The fourth-order valence-electron chi connectivity index (χ4n) is 3.24. The quantitative estimate of drug-likeness (QED) is 0.286. The summed E-state index contributed by atoms with van der Waals surface area (Å²) in [4.78, 5) is 14.5. The molecular formula is C20H36N2O7SSi2. The van der Waals surface area contributed by atoms with Gasteiger partial charge in [0.05, 0.1) is 0 Å². The highest BCUT2D eigenvalue weighted by molar-refractivity contribution is 7.80. The van der Waals surface area contributed by atoms with Crippen molar-refractivity contribution >= 4 is 40.8 Å². The van der Waals surface area contributed by atoms with Gasteiger partial charge >= 0.3 is 17.6 Å². The number of amides is 1. The molecule has 0 unspecified atom stereocenters. The molecule has 1 amide bonds. The lowest BCUT2D eigenvalue weighted by Gasteiger charge is -2.29. The first-order valence-corrected chi connectivity index (χ1v) is 14.6. The van der Waals surface area contributed by atoms with Gasteiger partial charge in [-0.2, -0.15) is 0 Å². The molecule has 0 spiro atoms. The Morgan fingerprint density at radius 2 is 1.22 bits per heavy atom. The lowest BCUT2D eigenvalue weighted by Crippen LogP contribution is -2.47. The summed E-state index contributed by atoms with van der Waals surface area (Å²) in [5, 5.41) is 3.19. The molecule has 0 fully saturated rings. The third-order valence-electron chi connectivity index (χ3n) is 5.23. The maximum absolute atomic E-state index is 12.6. The van der Waals surface area contributed by atoms with Crippen molar-refractivity contribution in [2.24, 2.45) is 0 Å². The third-order valence-corrected chi connectivity index (χ3v) is 11.3. The van der Waals surface area contributed by atoms with Crippen molar-refractivity contribution < 1.29 is 31.4 Å². The van der Waals surface area contributed by atoms with Crippen LogP contribution in [0.15, 0.2) is 30.3 Å². The Morgan fingerprint density at radius 1 is 0.812 bits per heavy atom. The smallest absolute Gasteiger partial charge is 0.377 e. The van der Waals surface area contributed by atoms with Gasteiger partial charge in [-0.05, 0) is 37.2 Å². The first kappa shape index (κ1) is 28.8. The van der Waals surface area contributed by atoms with E-state index in [0.717, 1.165) is 0 Å². The summed E-state index contributed by atoms with van der Waals surface area (Å²) in [7, 11) is 4.15. The Bertz CT molecular complexity index is 649. The minimum atomic E-state index is -2.69. The summed E-state index contributed by atoms with van der Waals surface area (Å²) < 4.78 is 33.0. The summed E-state index contributed by atoms with van der Waals surface area (Å²) in [6, 6.07) is 10.2. The van der Waals surface area contributed by atoms with Crippen LogP contribution < -0.4 is 5.32 Å². The number of nitrogens with one attached hydrogen (secondary N) is 1. The van der Waals surface area contributed by atoms with Crippen LogP contribution in [-0.4, -0.2) is 89.3 Å². The lowest BCUT2D eigenvalue weighted by atomic mass is 10.2. The van der Waals surface area contributed by atoms with Gasteiger partial charge in [0.15, 0.2) is 5.11 Å². The normalized spacial score (nSPS) is 11.9. The second kappa shape index (κ2) is 14.8. The van der Waals surface area contributed by atoms with Crippen LogP contribution in [0.4, 0.5) is 0 Å². The monoisotopic (exact) mass is 504 g/mol. The number of rotatable bonds is 15. The lowest BCUT2D eigenvalue weighted by molar-refractivity contribution is 0.0971. The zero-order valence-corrected chi connectivity index (χ0v) is 22.7. The van der Waals surface area contributed by atoms with Crippen molar-refractivity contribution in [3.63, 3.8) is 0 Å². The Hall–Kier alpha value is -1.23. The van der Waals surface area contributed by atoms with E-state index < -0.39 is 17.6 Å². The second-order valence-electron chi connectivity index (χ2n) is 6.91. The molecule has 0 atom stereocenters. The maximum atomic E-state index is 12.6. The predicted molar refractivity (Wildman–Crippen MR) is 130 cm³/mol. The van der Waals surface area contributed by atoms with E-state index in [1.165, 1.54) is 0 Å². The molecule has 0 bridgehead atoms. The summed E-state index contributed by atoms with van der Waals surface area (Å²) in [6.45, 7) is 1.19. The number of carbonyl (C=O) groups excluding carboxylic acids is 1. The van der Waals surface area contributed by atoms with Crippen molar-refractivity contribution in [1.29, 1.82) is 0 Å². The fourth-order valence-corrected chi connectivity index (χ4v) is 6.92. The van der Waals surface area contributed by atoms with E-state index in [-0.39, 0.29) is 5.91 Å². The van der Waals surface area contributed by atoms with Gasteiger partial charge in [0.25, 0.3) is 5.91 Å². The fraction of sp³-hybridized carbons (Fsp3) is 0.600. The van der Waals surface area contributed by atoms with E-state index in [0.29, 0.717) is 48.7 Å². The standard InChI is InChI=1S/C20H36N2O7SSi2/c1-24-31(25-2,26-3)16-10-14-22(15-11-17-32(27-4,28-5)29-6)20(30)21-19(23)18-12-8-7-9-13-18/h7-9,12-13H,10-11,14-17H2,1-6H3,(H,21,23,30). The van der Waals surface area contributed by atoms with Crippen LogP contribution in [0.25, 0.3) is 0 Å². The third kappa shape index (κ3) is 8.61. The van der Waals surface area contributed by atoms with Crippen LogP contribution in [0.3, 0.4) is 0 Å². The van der Waals surface area contributed by atoms with E-state index in [2.05, 4.69) is 5.32 Å². The Balaban J connectivity index is 2.82. The first-order valence-electron chi connectivity index (χ1n) is 10.3. The van der Waals surface area contributed by atoms with E-state index in [4.69, 9.17) is 38.8 Å². The molecule has 0 radical (unpaired) electrons. The van der Waals surface area contributed by atoms with Gasteiger partial charge in [-0.25, -0.2) is 0 Å². The number of thiocarbonyl (C=S) groups is 1. The minimum Gasteiger partial charge on any atom is -0.377 e. The van der Waals surface area contributed by atoms with E-state index >= 15 is 0 Å². The molecular weight excluding hydrogens is 468 g/mol. The summed E-state index contributed by atoms with van der Waals surface area (Å²) in [5.41, 5.74) is 0.545. The topological polar surface area (TPSA) is 87.7 Å². The van der Waals surface area contributed by atoms with E-state index in [1.807, 2.05) is 23.1 Å². The van der Waals surface area contributed by atoms with Gasteiger partial charge < -0.3 is 31.5 Å². The summed E-state index contributed by atoms with van der Waals surface area (Å²) in [6.07, 6.45) is 1.43. The highest BCUT2D eigenvalue weighted by Gasteiger charge is 2.38. The zero-order chi connectivity index (χ0) is 24.0. The van der Waals surface area contributed by atoms with Crippen LogP contribution in [0.1, 0.15) is 23.2 Å². The largest absolute Gasteiger partial charge is 0.500 e. The zero-order valence-electron chi connectivity index (χ0n) is 19.8. The number of carbonyl (C=O) groups is 1. The molecule has 1 rings (SSSR count). The van der Waals surface area contributed by atoms with Crippen molar-refractivity contribution in [2.45, 2.75) is 24.9 Å². The molecule has 0 aliphatic heterocycles. The predicted octanol–water partition coefficient (Wildman–Crippen LogP) is 2.54. The van der Waals surface area contributed by atoms with Gasteiger partial charge in [0.2, 0.25) is 0 Å². The van der Waals surface area contributed by atoms with E-state index in [1.54, 1.807) is 54.8 Å². The van der Waals surface area contributed by atoms with Crippen LogP contribution in [0.2, 0.25) is 12.1 Å². The molecule has 1 aromatic rings. The average Bonchev–Trinajstić information content (AvgIpc) is 2.84. The van der Waals surface area contributed by atoms with Crippen molar-refractivity contribution in [2.75, 3.05) is 55.7 Å².